The highest BCUT2D eigenvalue weighted by Gasteiger charge is 2.05. The van der Waals surface area contributed by atoms with Crippen molar-refractivity contribution in [1.29, 1.82) is 0 Å². The zero-order valence-electron chi connectivity index (χ0n) is 9.23. The van der Waals surface area contributed by atoms with Crippen LogP contribution in [0.2, 0.25) is 0 Å². The summed E-state index contributed by atoms with van der Waals surface area (Å²) < 4.78 is 4.97. The van der Waals surface area contributed by atoms with E-state index in [-0.39, 0.29) is 5.97 Å². The third-order valence-corrected chi connectivity index (χ3v) is 2.45. The first-order valence-electron chi connectivity index (χ1n) is 5.02. The van der Waals surface area contributed by atoms with Crippen molar-refractivity contribution in [3.8, 4) is 0 Å². The molecule has 0 atom stereocenters. The molecule has 2 nitrogen and oxygen atoms in total. The van der Waals surface area contributed by atoms with E-state index >= 15 is 0 Å². The monoisotopic (exact) mass is 234 g/mol. The van der Waals surface area contributed by atoms with Crippen LogP contribution in [0.4, 0.5) is 0 Å². The molecule has 16 heavy (non-hydrogen) atoms. The molecule has 0 amide bonds. The summed E-state index contributed by atoms with van der Waals surface area (Å²) >= 11 is 5.22. The summed E-state index contributed by atoms with van der Waals surface area (Å²) in [4.78, 5) is 11.9. The van der Waals surface area contributed by atoms with Crippen LogP contribution in [0.25, 0.3) is 0 Å². The fraction of sp³-hybridized carbons (Fsp3) is 0.231. The smallest absolute Gasteiger partial charge is 0.333 e. The Morgan fingerprint density at radius 2 is 2.00 bits per heavy atom. The quantitative estimate of drug-likeness (QED) is 0.339. The number of ether oxygens (including phenoxy) is 1. The van der Waals surface area contributed by atoms with Gasteiger partial charge in [-0.2, -0.15) is 0 Å². The predicted octanol–water partition coefficient (Wildman–Crippen LogP) is 2.91. The van der Waals surface area contributed by atoms with Gasteiger partial charge in [-0.25, -0.2) is 4.79 Å². The fourth-order valence-corrected chi connectivity index (χ4v) is 1.35. The van der Waals surface area contributed by atoms with Gasteiger partial charge in [0.15, 0.2) is 0 Å². The van der Waals surface area contributed by atoms with Gasteiger partial charge in [0.2, 0.25) is 0 Å². The molecule has 0 unspecified atom stereocenters. The Morgan fingerprint density at radius 3 is 2.56 bits per heavy atom. The summed E-state index contributed by atoms with van der Waals surface area (Å²) in [5.74, 6) is -0.365. The van der Waals surface area contributed by atoms with Crippen LogP contribution in [-0.2, 0) is 9.53 Å². The van der Waals surface area contributed by atoms with Crippen molar-refractivity contribution in [3.05, 3.63) is 48.0 Å². The van der Waals surface area contributed by atoms with E-state index in [9.17, 15) is 4.79 Å². The standard InChI is InChI=1S/C13H14O2S/c1-10(2)13(14)15-9-8-12(16)11-6-4-3-5-7-11/h3-7H,1,8-9H2,2H3. The van der Waals surface area contributed by atoms with Gasteiger partial charge in [-0.1, -0.05) is 49.1 Å². The molecule has 0 aliphatic carbocycles. The molecule has 84 valence electrons. The average molecular weight is 234 g/mol. The third kappa shape index (κ3) is 3.95. The lowest BCUT2D eigenvalue weighted by Crippen LogP contribution is -2.09. The number of esters is 1. The third-order valence-electron chi connectivity index (χ3n) is 2.01. The Balaban J connectivity index is 2.37. The van der Waals surface area contributed by atoms with E-state index in [1.807, 2.05) is 30.3 Å². The first kappa shape index (κ1) is 12.6. The van der Waals surface area contributed by atoms with Crippen LogP contribution in [0, 0.1) is 0 Å². The highest BCUT2D eigenvalue weighted by atomic mass is 32.1. The maximum Gasteiger partial charge on any atom is 0.333 e. The molecule has 0 bridgehead atoms. The van der Waals surface area contributed by atoms with E-state index < -0.39 is 0 Å². The molecule has 0 N–H and O–H groups in total. The van der Waals surface area contributed by atoms with Crippen LogP contribution >= 0.6 is 12.2 Å². The maximum atomic E-state index is 11.1. The maximum absolute atomic E-state index is 11.1. The van der Waals surface area contributed by atoms with Crippen molar-refractivity contribution < 1.29 is 9.53 Å². The lowest BCUT2D eigenvalue weighted by molar-refractivity contribution is -0.138. The zero-order chi connectivity index (χ0) is 12.0. The fourth-order valence-electron chi connectivity index (χ4n) is 1.13. The molecule has 0 spiro atoms. The second-order valence-corrected chi connectivity index (χ2v) is 3.95. The summed E-state index contributed by atoms with van der Waals surface area (Å²) in [5.41, 5.74) is 1.41. The Kier molecular flexibility index (Phi) is 4.86. The summed E-state index contributed by atoms with van der Waals surface area (Å²) in [6.45, 7) is 5.43. The molecule has 3 heteroatoms. The minimum atomic E-state index is -0.365. The lowest BCUT2D eigenvalue weighted by atomic mass is 10.1. The van der Waals surface area contributed by atoms with E-state index in [2.05, 4.69) is 6.58 Å². The van der Waals surface area contributed by atoms with E-state index in [0.717, 1.165) is 10.4 Å². The van der Waals surface area contributed by atoms with Gasteiger partial charge in [0.1, 0.15) is 0 Å². The molecule has 0 saturated heterocycles. The Bertz CT molecular complexity index is 396. The molecule has 1 rings (SSSR count). The second kappa shape index (κ2) is 6.18. The minimum Gasteiger partial charge on any atom is -0.462 e. The van der Waals surface area contributed by atoms with E-state index in [1.54, 1.807) is 6.92 Å². The van der Waals surface area contributed by atoms with Crippen molar-refractivity contribution in [2.24, 2.45) is 0 Å². The van der Waals surface area contributed by atoms with E-state index in [1.165, 1.54) is 0 Å². The average Bonchev–Trinajstić information content (AvgIpc) is 2.29. The van der Waals surface area contributed by atoms with Gasteiger partial charge in [-0.05, 0) is 12.5 Å². The molecule has 0 fully saturated rings. The molecule has 1 aromatic rings. The normalized spacial score (nSPS) is 9.56. The van der Waals surface area contributed by atoms with Crippen LogP contribution in [0.15, 0.2) is 42.5 Å². The van der Waals surface area contributed by atoms with Crippen LogP contribution < -0.4 is 0 Å². The molecule has 1 aromatic carbocycles. The minimum absolute atomic E-state index is 0.305. The Hall–Kier alpha value is -1.48. The number of hydrogen-bond acceptors (Lipinski definition) is 3. The van der Waals surface area contributed by atoms with E-state index in [4.69, 9.17) is 17.0 Å². The molecule has 0 heterocycles. The number of carbonyl (C=O) groups excluding carboxylic acids is 1. The molecule has 0 aliphatic rings. The second-order valence-electron chi connectivity index (χ2n) is 3.46. The van der Waals surface area contributed by atoms with Crippen LogP contribution in [0.5, 0.6) is 0 Å². The molecular weight excluding hydrogens is 220 g/mol. The van der Waals surface area contributed by atoms with Crippen LogP contribution in [0.3, 0.4) is 0 Å². The summed E-state index contributed by atoms with van der Waals surface area (Å²) in [5, 5.41) is 0. The number of hydrogen-bond donors (Lipinski definition) is 0. The summed E-state index contributed by atoms with van der Waals surface area (Å²) in [6.07, 6.45) is 0.568. The predicted molar refractivity (Wildman–Crippen MR) is 68.5 cm³/mol. The molecule has 0 aliphatic heterocycles. The van der Waals surface area contributed by atoms with Crippen molar-refractivity contribution in [1.82, 2.24) is 0 Å². The van der Waals surface area contributed by atoms with Crippen LogP contribution in [0.1, 0.15) is 18.9 Å². The molecule has 0 saturated carbocycles. The van der Waals surface area contributed by atoms with Crippen molar-refractivity contribution in [2.45, 2.75) is 13.3 Å². The highest BCUT2D eigenvalue weighted by Crippen LogP contribution is 2.05. The lowest BCUT2D eigenvalue weighted by Gasteiger charge is -2.05. The van der Waals surface area contributed by atoms with Gasteiger partial charge in [0.05, 0.1) is 6.61 Å². The Labute approximate surface area is 101 Å². The van der Waals surface area contributed by atoms with Crippen molar-refractivity contribution >= 4 is 23.1 Å². The van der Waals surface area contributed by atoms with Gasteiger partial charge in [0.25, 0.3) is 0 Å². The van der Waals surface area contributed by atoms with Gasteiger partial charge in [-0.15, -0.1) is 0 Å². The first-order valence-corrected chi connectivity index (χ1v) is 5.43. The number of benzene rings is 1. The SMILES string of the molecule is C=C(C)C(=O)OCCC(=S)c1ccccc1. The highest BCUT2D eigenvalue weighted by molar-refractivity contribution is 7.80. The number of thiocarbonyl (C=S) groups is 1. The van der Waals surface area contributed by atoms with Gasteiger partial charge < -0.3 is 4.74 Å². The number of rotatable bonds is 5. The Morgan fingerprint density at radius 1 is 1.38 bits per heavy atom. The van der Waals surface area contributed by atoms with Gasteiger partial charge in [-0.3, -0.25) is 0 Å². The summed E-state index contributed by atoms with van der Waals surface area (Å²) in [6, 6.07) is 9.70. The molecule has 0 radical (unpaired) electrons. The van der Waals surface area contributed by atoms with E-state index in [0.29, 0.717) is 18.6 Å². The topological polar surface area (TPSA) is 26.3 Å². The summed E-state index contributed by atoms with van der Waals surface area (Å²) in [7, 11) is 0. The van der Waals surface area contributed by atoms with Crippen LogP contribution in [-0.4, -0.2) is 17.4 Å². The van der Waals surface area contributed by atoms with Gasteiger partial charge in [0, 0.05) is 16.9 Å². The zero-order valence-corrected chi connectivity index (χ0v) is 10.0. The van der Waals surface area contributed by atoms with Crippen molar-refractivity contribution in [2.75, 3.05) is 6.61 Å². The first-order chi connectivity index (χ1) is 7.61. The number of carbonyl (C=O) groups is 1. The van der Waals surface area contributed by atoms with Gasteiger partial charge >= 0.3 is 5.97 Å². The van der Waals surface area contributed by atoms with Crippen molar-refractivity contribution in [3.63, 3.8) is 0 Å². The molecule has 0 aromatic heterocycles. The molecular formula is C13H14O2S. The largest absolute Gasteiger partial charge is 0.462 e.